The SMILES string of the molecule is CC1C=C(CO)C(n2nnn(C)c2=O)=CC1. The smallest absolute Gasteiger partial charge is 0.368 e. The highest BCUT2D eigenvalue weighted by molar-refractivity contribution is 5.65. The lowest BCUT2D eigenvalue weighted by atomic mass is 9.96. The molecule has 86 valence electrons. The van der Waals surface area contributed by atoms with Crippen LogP contribution in [0.3, 0.4) is 0 Å². The van der Waals surface area contributed by atoms with Crippen molar-refractivity contribution in [2.75, 3.05) is 6.61 Å². The Kier molecular flexibility index (Phi) is 2.74. The van der Waals surface area contributed by atoms with Gasteiger partial charge in [0.1, 0.15) is 0 Å². The Morgan fingerprint density at radius 1 is 1.56 bits per heavy atom. The molecule has 1 atom stereocenters. The van der Waals surface area contributed by atoms with Crippen molar-refractivity contribution in [3.05, 3.63) is 28.2 Å². The van der Waals surface area contributed by atoms with Gasteiger partial charge in [0.25, 0.3) is 0 Å². The van der Waals surface area contributed by atoms with Gasteiger partial charge in [0.15, 0.2) is 0 Å². The van der Waals surface area contributed by atoms with Gasteiger partial charge >= 0.3 is 5.69 Å². The van der Waals surface area contributed by atoms with Crippen LogP contribution in [0, 0.1) is 5.92 Å². The van der Waals surface area contributed by atoms with Crippen LogP contribution < -0.4 is 5.69 Å². The molecule has 1 aromatic heterocycles. The van der Waals surface area contributed by atoms with Gasteiger partial charge in [-0.3, -0.25) is 0 Å². The van der Waals surface area contributed by atoms with Crippen molar-refractivity contribution in [1.82, 2.24) is 19.8 Å². The summed E-state index contributed by atoms with van der Waals surface area (Å²) < 4.78 is 2.38. The molecule has 6 heteroatoms. The molecule has 0 aromatic carbocycles. The van der Waals surface area contributed by atoms with Gasteiger partial charge in [-0.05, 0) is 28.3 Å². The minimum absolute atomic E-state index is 0.0980. The van der Waals surface area contributed by atoms with Crippen LogP contribution in [0.2, 0.25) is 0 Å². The Balaban J connectivity index is 2.46. The predicted octanol–water partition coefficient (Wildman–Crippen LogP) is -0.224. The summed E-state index contributed by atoms with van der Waals surface area (Å²) in [7, 11) is 1.54. The molecule has 1 aliphatic carbocycles. The second kappa shape index (κ2) is 4.05. The fraction of sp³-hybridized carbons (Fsp3) is 0.500. The molecule has 0 amide bonds. The predicted molar refractivity (Wildman–Crippen MR) is 58.5 cm³/mol. The average Bonchev–Trinajstić information content (AvgIpc) is 2.60. The Labute approximate surface area is 92.5 Å². The van der Waals surface area contributed by atoms with Crippen LogP contribution in [0.5, 0.6) is 0 Å². The second-order valence-electron chi connectivity index (χ2n) is 3.95. The molecule has 2 rings (SSSR count). The number of allylic oxidation sites excluding steroid dienone is 2. The van der Waals surface area contributed by atoms with Crippen LogP contribution in [0.15, 0.2) is 22.5 Å². The molecule has 0 spiro atoms. The van der Waals surface area contributed by atoms with Crippen LogP contribution in [-0.4, -0.2) is 31.5 Å². The Hall–Kier alpha value is -1.69. The Morgan fingerprint density at radius 2 is 2.31 bits per heavy atom. The van der Waals surface area contributed by atoms with Crippen LogP contribution in [-0.2, 0) is 7.05 Å². The third-order valence-corrected chi connectivity index (χ3v) is 2.62. The molecule has 1 aromatic rings. The second-order valence-corrected chi connectivity index (χ2v) is 3.95. The first-order chi connectivity index (χ1) is 7.63. The largest absolute Gasteiger partial charge is 0.392 e. The molecule has 16 heavy (non-hydrogen) atoms. The van der Waals surface area contributed by atoms with Crippen molar-refractivity contribution in [2.24, 2.45) is 13.0 Å². The number of aromatic nitrogens is 4. The first-order valence-electron chi connectivity index (χ1n) is 5.15. The first-order valence-corrected chi connectivity index (χ1v) is 5.15. The Bertz CT molecular complexity index is 509. The summed E-state index contributed by atoms with van der Waals surface area (Å²) >= 11 is 0. The van der Waals surface area contributed by atoms with Crippen molar-refractivity contribution < 1.29 is 5.11 Å². The fourth-order valence-corrected chi connectivity index (χ4v) is 1.75. The van der Waals surface area contributed by atoms with Gasteiger partial charge in [-0.2, -0.15) is 9.36 Å². The molecule has 0 saturated heterocycles. The number of aliphatic hydroxyl groups is 1. The zero-order valence-corrected chi connectivity index (χ0v) is 9.29. The molecular weight excluding hydrogens is 208 g/mol. The summed E-state index contributed by atoms with van der Waals surface area (Å²) in [5, 5.41) is 16.7. The first kappa shape index (κ1) is 10.8. The van der Waals surface area contributed by atoms with Crippen molar-refractivity contribution in [1.29, 1.82) is 0 Å². The van der Waals surface area contributed by atoms with Gasteiger partial charge in [0.2, 0.25) is 0 Å². The van der Waals surface area contributed by atoms with Crippen molar-refractivity contribution >= 4 is 5.70 Å². The number of hydrogen-bond donors (Lipinski definition) is 1. The molecule has 6 nitrogen and oxygen atoms in total. The van der Waals surface area contributed by atoms with Gasteiger partial charge in [-0.15, -0.1) is 0 Å². The quantitative estimate of drug-likeness (QED) is 0.750. The standard InChI is InChI=1S/C10H14N4O2/c1-7-3-4-9(8(5-7)6-15)14-10(16)13(2)11-12-14/h4-5,7,15H,3,6H2,1-2H3. The van der Waals surface area contributed by atoms with E-state index in [2.05, 4.69) is 17.4 Å². The Morgan fingerprint density at radius 3 is 2.88 bits per heavy atom. The van der Waals surface area contributed by atoms with Gasteiger partial charge in [0.05, 0.1) is 12.3 Å². The minimum atomic E-state index is -0.305. The van der Waals surface area contributed by atoms with E-state index in [-0.39, 0.29) is 12.3 Å². The number of aliphatic hydroxyl groups excluding tert-OH is 1. The highest BCUT2D eigenvalue weighted by Gasteiger charge is 2.17. The average molecular weight is 222 g/mol. The van der Waals surface area contributed by atoms with Gasteiger partial charge in [-0.1, -0.05) is 19.1 Å². The maximum atomic E-state index is 11.7. The molecule has 0 fully saturated rings. The van der Waals surface area contributed by atoms with E-state index in [0.717, 1.165) is 16.7 Å². The zero-order valence-electron chi connectivity index (χ0n) is 9.29. The summed E-state index contributed by atoms with van der Waals surface area (Å²) in [5.41, 5.74) is 1.06. The molecule has 0 aliphatic heterocycles. The third-order valence-electron chi connectivity index (χ3n) is 2.62. The van der Waals surface area contributed by atoms with Crippen LogP contribution in [0.25, 0.3) is 5.70 Å². The van der Waals surface area contributed by atoms with Gasteiger partial charge in [0, 0.05) is 7.05 Å². The van der Waals surface area contributed by atoms with Crippen molar-refractivity contribution in [3.63, 3.8) is 0 Å². The zero-order chi connectivity index (χ0) is 11.7. The van der Waals surface area contributed by atoms with Crippen molar-refractivity contribution in [2.45, 2.75) is 13.3 Å². The number of tetrazole rings is 1. The number of rotatable bonds is 2. The van der Waals surface area contributed by atoms with E-state index < -0.39 is 0 Å². The van der Waals surface area contributed by atoms with E-state index in [4.69, 9.17) is 0 Å². The maximum absolute atomic E-state index is 11.7. The highest BCUT2D eigenvalue weighted by Crippen LogP contribution is 2.24. The molecule has 1 unspecified atom stereocenters. The summed E-state index contributed by atoms with van der Waals surface area (Å²) in [6.45, 7) is 1.96. The summed E-state index contributed by atoms with van der Waals surface area (Å²) in [4.78, 5) is 11.7. The lowest BCUT2D eigenvalue weighted by Crippen LogP contribution is -2.25. The van der Waals surface area contributed by atoms with E-state index in [0.29, 0.717) is 11.6 Å². The van der Waals surface area contributed by atoms with Crippen molar-refractivity contribution in [3.8, 4) is 0 Å². The highest BCUT2D eigenvalue weighted by atomic mass is 16.3. The molecular formula is C10H14N4O2. The molecule has 0 saturated carbocycles. The molecule has 1 aliphatic rings. The van der Waals surface area contributed by atoms with E-state index >= 15 is 0 Å². The van der Waals surface area contributed by atoms with E-state index in [1.165, 1.54) is 4.68 Å². The fourth-order valence-electron chi connectivity index (χ4n) is 1.75. The third kappa shape index (κ3) is 1.71. The lowest BCUT2D eigenvalue weighted by molar-refractivity contribution is 0.333. The molecule has 0 bridgehead atoms. The van der Waals surface area contributed by atoms with Gasteiger partial charge < -0.3 is 5.11 Å². The molecule has 1 N–H and O–H groups in total. The summed E-state index contributed by atoms with van der Waals surface area (Å²) in [6.07, 6.45) is 4.70. The van der Waals surface area contributed by atoms with Crippen LogP contribution >= 0.6 is 0 Å². The summed E-state index contributed by atoms with van der Waals surface area (Å²) in [5.74, 6) is 0.373. The normalized spacial score (nSPS) is 20.6. The van der Waals surface area contributed by atoms with Crippen LogP contribution in [0.1, 0.15) is 13.3 Å². The maximum Gasteiger partial charge on any atom is 0.368 e. The lowest BCUT2D eigenvalue weighted by Gasteiger charge is -2.16. The van der Waals surface area contributed by atoms with Gasteiger partial charge in [-0.25, -0.2) is 4.79 Å². The topological polar surface area (TPSA) is 72.9 Å². The van der Waals surface area contributed by atoms with Crippen LogP contribution in [0.4, 0.5) is 0 Å². The van der Waals surface area contributed by atoms with E-state index in [1.54, 1.807) is 7.05 Å². The number of aryl methyl sites for hydroxylation is 1. The van der Waals surface area contributed by atoms with E-state index in [1.807, 2.05) is 12.2 Å². The monoisotopic (exact) mass is 222 g/mol. The van der Waals surface area contributed by atoms with E-state index in [9.17, 15) is 9.90 Å². The number of nitrogens with zero attached hydrogens (tertiary/aromatic N) is 4. The minimum Gasteiger partial charge on any atom is -0.392 e. The molecule has 1 heterocycles. The molecule has 0 radical (unpaired) electrons. The summed E-state index contributed by atoms with van der Waals surface area (Å²) in [6, 6.07) is 0. The number of hydrogen-bond acceptors (Lipinski definition) is 4.